The van der Waals surface area contributed by atoms with Gasteiger partial charge in [0.2, 0.25) is 0 Å². The normalized spacial score (nSPS) is 12.8. The van der Waals surface area contributed by atoms with Crippen LogP contribution in [0, 0.1) is 9.49 Å². The standard InChI is InChI=1S/C27H35IN2O4S/c1-18(2)14-22-29-16-21(35-22)26-24(28)25(30-34-26)20(15-23(31)33-27(3,4)5)12-9-13-32-17-19-10-7-6-8-11-19/h6-8,10-11,16,18,20H,9,12-15,17H2,1-5H3/t20-/m0/s1. The quantitative estimate of drug-likeness (QED) is 0.121. The first-order valence-corrected chi connectivity index (χ1v) is 14.0. The van der Waals surface area contributed by atoms with Gasteiger partial charge in [-0.05, 0) is 67.7 Å². The Morgan fingerprint density at radius 3 is 2.63 bits per heavy atom. The summed E-state index contributed by atoms with van der Waals surface area (Å²) < 4.78 is 18.2. The molecule has 6 nitrogen and oxygen atoms in total. The van der Waals surface area contributed by atoms with E-state index in [2.05, 4.69) is 58.7 Å². The lowest BCUT2D eigenvalue weighted by Gasteiger charge is -2.21. The Balaban J connectivity index is 1.69. The van der Waals surface area contributed by atoms with Crippen LogP contribution in [0.3, 0.4) is 0 Å². The first-order chi connectivity index (χ1) is 16.6. The molecule has 2 aromatic heterocycles. The van der Waals surface area contributed by atoms with Crippen molar-refractivity contribution in [2.45, 2.75) is 78.4 Å². The molecule has 0 fully saturated rings. The Bertz CT molecular complexity index is 1070. The fourth-order valence-corrected chi connectivity index (χ4v) is 5.90. The third-order valence-electron chi connectivity index (χ3n) is 5.19. The minimum atomic E-state index is -0.530. The van der Waals surface area contributed by atoms with Gasteiger partial charge >= 0.3 is 5.97 Å². The Labute approximate surface area is 225 Å². The van der Waals surface area contributed by atoms with Crippen molar-refractivity contribution in [2.75, 3.05) is 6.61 Å². The number of halogens is 1. The zero-order valence-corrected chi connectivity index (χ0v) is 24.1. The van der Waals surface area contributed by atoms with Crippen molar-refractivity contribution < 1.29 is 18.8 Å². The Kier molecular flexibility index (Phi) is 10.3. The van der Waals surface area contributed by atoms with Crippen molar-refractivity contribution in [3.05, 3.63) is 56.4 Å². The number of aromatic nitrogens is 2. The van der Waals surface area contributed by atoms with E-state index in [1.807, 2.05) is 45.2 Å². The van der Waals surface area contributed by atoms with E-state index in [-0.39, 0.29) is 18.3 Å². The number of carbonyl (C=O) groups excluding carboxylic acids is 1. The van der Waals surface area contributed by atoms with Crippen molar-refractivity contribution >= 4 is 39.9 Å². The number of hydrogen-bond acceptors (Lipinski definition) is 7. The monoisotopic (exact) mass is 610 g/mol. The van der Waals surface area contributed by atoms with Crippen LogP contribution in [0.1, 0.15) is 76.1 Å². The van der Waals surface area contributed by atoms with Crippen LogP contribution < -0.4 is 0 Å². The molecule has 0 aliphatic rings. The zero-order chi connectivity index (χ0) is 25.4. The predicted octanol–water partition coefficient (Wildman–Crippen LogP) is 7.41. The largest absolute Gasteiger partial charge is 0.460 e. The van der Waals surface area contributed by atoms with Gasteiger partial charge in [-0.2, -0.15) is 0 Å². The lowest BCUT2D eigenvalue weighted by atomic mass is 9.95. The van der Waals surface area contributed by atoms with Crippen LogP contribution >= 0.6 is 33.9 Å². The molecule has 0 saturated carbocycles. The van der Waals surface area contributed by atoms with Gasteiger partial charge < -0.3 is 14.0 Å². The third-order valence-corrected chi connectivity index (χ3v) is 7.25. The smallest absolute Gasteiger partial charge is 0.306 e. The molecule has 0 amide bonds. The van der Waals surface area contributed by atoms with Gasteiger partial charge in [-0.3, -0.25) is 4.79 Å². The first kappa shape index (κ1) is 27.8. The maximum Gasteiger partial charge on any atom is 0.306 e. The van der Waals surface area contributed by atoms with Crippen molar-refractivity contribution in [3.63, 3.8) is 0 Å². The van der Waals surface area contributed by atoms with Gasteiger partial charge in [0.1, 0.15) is 11.3 Å². The van der Waals surface area contributed by atoms with Crippen molar-refractivity contribution in [1.29, 1.82) is 0 Å². The highest BCUT2D eigenvalue weighted by Crippen LogP contribution is 2.37. The van der Waals surface area contributed by atoms with Gasteiger partial charge in [-0.1, -0.05) is 49.3 Å². The van der Waals surface area contributed by atoms with Gasteiger partial charge in [-0.25, -0.2) is 4.98 Å². The van der Waals surface area contributed by atoms with E-state index in [4.69, 9.17) is 14.0 Å². The topological polar surface area (TPSA) is 74.5 Å². The van der Waals surface area contributed by atoms with Gasteiger partial charge in [0.15, 0.2) is 5.76 Å². The lowest BCUT2D eigenvalue weighted by molar-refractivity contribution is -0.155. The number of esters is 1. The molecule has 0 spiro atoms. The number of nitrogens with zero attached hydrogens (tertiary/aromatic N) is 2. The first-order valence-electron chi connectivity index (χ1n) is 12.1. The maximum absolute atomic E-state index is 12.7. The maximum atomic E-state index is 12.7. The highest BCUT2D eigenvalue weighted by atomic mass is 127. The number of thiazole rings is 1. The third kappa shape index (κ3) is 8.99. The predicted molar refractivity (Wildman–Crippen MR) is 147 cm³/mol. The minimum Gasteiger partial charge on any atom is -0.460 e. The van der Waals surface area contributed by atoms with E-state index in [0.29, 0.717) is 19.1 Å². The van der Waals surface area contributed by atoms with Crippen LogP contribution in [-0.2, 0) is 27.3 Å². The molecule has 0 unspecified atom stereocenters. The number of ether oxygens (including phenoxy) is 2. The molecule has 0 aliphatic carbocycles. The summed E-state index contributed by atoms with van der Waals surface area (Å²) in [5.41, 5.74) is 1.42. The fraction of sp³-hybridized carbons (Fsp3) is 0.519. The molecule has 0 saturated heterocycles. The number of carbonyl (C=O) groups is 1. The summed E-state index contributed by atoms with van der Waals surface area (Å²) in [6, 6.07) is 10.1. The summed E-state index contributed by atoms with van der Waals surface area (Å²) in [7, 11) is 0. The van der Waals surface area contributed by atoms with Crippen molar-refractivity contribution in [3.8, 4) is 10.6 Å². The van der Waals surface area contributed by atoms with Crippen LogP contribution in [0.2, 0.25) is 0 Å². The van der Waals surface area contributed by atoms with Crippen LogP contribution in [0.15, 0.2) is 41.1 Å². The zero-order valence-electron chi connectivity index (χ0n) is 21.2. The second-order valence-corrected chi connectivity index (χ2v) is 12.3. The number of rotatable bonds is 12. The van der Waals surface area contributed by atoms with E-state index >= 15 is 0 Å². The van der Waals surface area contributed by atoms with Crippen molar-refractivity contribution in [1.82, 2.24) is 10.1 Å². The summed E-state index contributed by atoms with van der Waals surface area (Å²) in [6.45, 7) is 11.2. The second kappa shape index (κ2) is 13.0. The lowest BCUT2D eigenvalue weighted by Crippen LogP contribution is -2.25. The Morgan fingerprint density at radius 1 is 1.20 bits per heavy atom. The average Bonchev–Trinajstić information content (AvgIpc) is 3.38. The summed E-state index contributed by atoms with van der Waals surface area (Å²) >= 11 is 3.92. The molecule has 35 heavy (non-hydrogen) atoms. The molecule has 3 aromatic rings. The molecule has 190 valence electrons. The van der Waals surface area contributed by atoms with E-state index in [1.165, 1.54) is 0 Å². The molecule has 1 aromatic carbocycles. The second-order valence-electron chi connectivity index (χ2n) is 10.1. The summed E-state index contributed by atoms with van der Waals surface area (Å²) in [5.74, 6) is 0.922. The number of benzene rings is 1. The molecule has 0 N–H and O–H groups in total. The summed E-state index contributed by atoms with van der Waals surface area (Å²) in [4.78, 5) is 18.2. The van der Waals surface area contributed by atoms with Gasteiger partial charge in [0.25, 0.3) is 0 Å². The van der Waals surface area contributed by atoms with Gasteiger partial charge in [-0.15, -0.1) is 11.3 Å². The molecular formula is C27H35IN2O4S. The Morgan fingerprint density at radius 2 is 1.94 bits per heavy atom. The van der Waals surface area contributed by atoms with E-state index in [0.717, 1.165) is 49.7 Å². The van der Waals surface area contributed by atoms with Crippen molar-refractivity contribution in [2.24, 2.45) is 5.92 Å². The molecule has 8 heteroatoms. The SMILES string of the molecule is CC(C)Cc1ncc(-c2onc([C@@H](CCCOCc3ccccc3)CC(=O)OC(C)(C)C)c2I)s1. The minimum absolute atomic E-state index is 0.113. The molecule has 2 heterocycles. The van der Waals surface area contributed by atoms with Gasteiger partial charge in [0, 0.05) is 25.1 Å². The van der Waals surface area contributed by atoms with Crippen LogP contribution in [0.25, 0.3) is 10.6 Å². The van der Waals surface area contributed by atoms with Crippen LogP contribution in [-0.4, -0.2) is 28.3 Å². The molecule has 0 bridgehead atoms. The van der Waals surface area contributed by atoms with Crippen LogP contribution in [0.4, 0.5) is 0 Å². The number of hydrogen-bond donors (Lipinski definition) is 0. The highest BCUT2D eigenvalue weighted by molar-refractivity contribution is 14.1. The Hall–Kier alpha value is -1.78. The van der Waals surface area contributed by atoms with Gasteiger partial charge in [0.05, 0.1) is 26.5 Å². The molecule has 1 atom stereocenters. The highest BCUT2D eigenvalue weighted by Gasteiger charge is 2.28. The van der Waals surface area contributed by atoms with E-state index in [1.54, 1.807) is 11.3 Å². The molecule has 3 rings (SSSR count). The van der Waals surface area contributed by atoms with Crippen LogP contribution in [0.5, 0.6) is 0 Å². The molecule has 0 aliphatic heterocycles. The summed E-state index contributed by atoms with van der Waals surface area (Å²) in [5, 5.41) is 5.49. The average molecular weight is 611 g/mol. The summed E-state index contributed by atoms with van der Waals surface area (Å²) in [6.07, 6.45) is 4.59. The van der Waals surface area contributed by atoms with E-state index in [9.17, 15) is 4.79 Å². The van der Waals surface area contributed by atoms with E-state index < -0.39 is 5.60 Å². The fourth-order valence-electron chi connectivity index (χ4n) is 3.67. The molecular weight excluding hydrogens is 575 g/mol. The molecule has 0 radical (unpaired) electrons.